The van der Waals surface area contributed by atoms with Gasteiger partial charge in [-0.05, 0) is 34.0 Å². The Hall–Kier alpha value is -3.67. The van der Waals surface area contributed by atoms with Crippen LogP contribution >= 0.6 is 0 Å². The van der Waals surface area contributed by atoms with Crippen LogP contribution in [0.5, 0.6) is 5.75 Å². The van der Waals surface area contributed by atoms with E-state index in [-0.39, 0.29) is 5.91 Å². The number of benzene rings is 3. The predicted octanol–water partition coefficient (Wildman–Crippen LogP) is 3.42. The molecule has 4 rings (SSSR count). The number of aromatic nitrogens is 3. The fourth-order valence-electron chi connectivity index (χ4n) is 3.11. The number of carbonyl (C=O) groups excluding carboxylic acids is 1. The number of hydrogen-bond acceptors (Lipinski definition) is 4. The topological polar surface area (TPSA) is 69.0 Å². The van der Waals surface area contributed by atoms with Gasteiger partial charge in [0.1, 0.15) is 18.4 Å². The van der Waals surface area contributed by atoms with Crippen molar-refractivity contribution in [3.63, 3.8) is 0 Å². The Balaban J connectivity index is 1.44. The molecule has 0 spiro atoms. The molecule has 0 fully saturated rings. The summed E-state index contributed by atoms with van der Waals surface area (Å²) in [5.74, 6) is 0.411. The van der Waals surface area contributed by atoms with E-state index < -0.39 is 0 Å². The van der Waals surface area contributed by atoms with Gasteiger partial charge in [-0.15, -0.1) is 0 Å². The Morgan fingerprint density at radius 2 is 1.75 bits per heavy atom. The summed E-state index contributed by atoms with van der Waals surface area (Å²) in [4.78, 5) is 16.7. The fourth-order valence-corrected chi connectivity index (χ4v) is 3.11. The van der Waals surface area contributed by atoms with Gasteiger partial charge in [0, 0.05) is 6.54 Å². The summed E-state index contributed by atoms with van der Waals surface area (Å²) in [5.41, 5.74) is 2.68. The van der Waals surface area contributed by atoms with Crippen LogP contribution in [0.4, 0.5) is 0 Å². The van der Waals surface area contributed by atoms with Gasteiger partial charge in [0.25, 0.3) is 5.91 Å². The predicted molar refractivity (Wildman–Crippen MR) is 107 cm³/mol. The third kappa shape index (κ3) is 3.86. The van der Waals surface area contributed by atoms with Gasteiger partial charge in [-0.25, -0.2) is 9.67 Å². The molecule has 3 aromatic carbocycles. The molecule has 6 heteroatoms. The molecule has 1 aromatic heterocycles. The maximum Gasteiger partial charge on any atom is 0.255 e. The summed E-state index contributed by atoms with van der Waals surface area (Å²) in [6.07, 6.45) is 3.20. The third-order valence-electron chi connectivity index (χ3n) is 4.60. The number of carbonyl (C=O) groups is 1. The number of nitrogens with zero attached hydrogens (tertiary/aromatic N) is 3. The van der Waals surface area contributed by atoms with Crippen LogP contribution in [0.15, 0.2) is 73.3 Å². The Morgan fingerprint density at radius 1 is 1.04 bits per heavy atom. The molecule has 1 heterocycles. The summed E-state index contributed by atoms with van der Waals surface area (Å²) in [6, 6.07) is 19.7. The first kappa shape index (κ1) is 17.7. The zero-order chi connectivity index (χ0) is 19.3. The molecule has 6 nitrogen and oxygen atoms in total. The molecule has 0 atom stereocenters. The Morgan fingerprint density at radius 3 is 2.43 bits per heavy atom. The first-order chi connectivity index (χ1) is 13.7. The molecule has 0 saturated heterocycles. The van der Waals surface area contributed by atoms with Crippen molar-refractivity contribution >= 4 is 16.7 Å². The Bertz CT molecular complexity index is 1090. The van der Waals surface area contributed by atoms with Crippen LogP contribution in [0.1, 0.15) is 21.5 Å². The van der Waals surface area contributed by atoms with Crippen LogP contribution in [0.2, 0.25) is 0 Å². The van der Waals surface area contributed by atoms with Crippen molar-refractivity contribution in [3.05, 3.63) is 90.0 Å². The largest absolute Gasteiger partial charge is 0.496 e. The van der Waals surface area contributed by atoms with E-state index in [1.165, 1.54) is 6.33 Å². The molecule has 1 amide bonds. The molecule has 0 aliphatic rings. The van der Waals surface area contributed by atoms with Gasteiger partial charge in [0.15, 0.2) is 0 Å². The van der Waals surface area contributed by atoms with Gasteiger partial charge in [0.2, 0.25) is 0 Å². The first-order valence-electron chi connectivity index (χ1n) is 8.98. The number of ether oxygens (including phenoxy) is 1. The average molecular weight is 372 g/mol. The van der Waals surface area contributed by atoms with Gasteiger partial charge < -0.3 is 10.1 Å². The number of fused-ring (bicyclic) bond motifs is 1. The summed E-state index contributed by atoms with van der Waals surface area (Å²) < 4.78 is 7.18. The van der Waals surface area contributed by atoms with Gasteiger partial charge in [-0.1, -0.05) is 48.5 Å². The Labute approximate surface area is 162 Å². The van der Waals surface area contributed by atoms with E-state index in [0.717, 1.165) is 21.9 Å². The molecule has 0 aliphatic carbocycles. The van der Waals surface area contributed by atoms with Crippen molar-refractivity contribution in [1.82, 2.24) is 20.1 Å². The molecule has 0 bridgehead atoms. The second-order valence-electron chi connectivity index (χ2n) is 6.49. The summed E-state index contributed by atoms with van der Waals surface area (Å²) in [5, 5.41) is 9.12. The van der Waals surface area contributed by atoms with Gasteiger partial charge >= 0.3 is 0 Å². The lowest BCUT2D eigenvalue weighted by Gasteiger charge is -2.11. The minimum atomic E-state index is -0.158. The van der Waals surface area contributed by atoms with Gasteiger partial charge in [-0.2, -0.15) is 5.10 Å². The van der Waals surface area contributed by atoms with Crippen molar-refractivity contribution in [1.29, 1.82) is 0 Å². The molecule has 0 unspecified atom stereocenters. The van der Waals surface area contributed by atoms with Gasteiger partial charge in [-0.3, -0.25) is 4.79 Å². The van der Waals surface area contributed by atoms with Crippen LogP contribution < -0.4 is 10.1 Å². The first-order valence-corrected chi connectivity index (χ1v) is 8.98. The number of amides is 1. The van der Waals surface area contributed by atoms with Gasteiger partial charge in [0.05, 0.1) is 19.2 Å². The van der Waals surface area contributed by atoms with Crippen LogP contribution in [-0.4, -0.2) is 27.8 Å². The number of methoxy groups -OCH3 is 1. The minimum Gasteiger partial charge on any atom is -0.496 e. The monoisotopic (exact) mass is 372 g/mol. The highest BCUT2D eigenvalue weighted by Gasteiger charge is 2.13. The van der Waals surface area contributed by atoms with Crippen molar-refractivity contribution in [2.75, 3.05) is 7.11 Å². The molecule has 4 aromatic rings. The van der Waals surface area contributed by atoms with Crippen LogP contribution in [-0.2, 0) is 13.1 Å². The fraction of sp³-hybridized carbons (Fsp3) is 0.136. The Kier molecular flexibility index (Phi) is 5.01. The van der Waals surface area contributed by atoms with Crippen molar-refractivity contribution in [3.8, 4) is 5.75 Å². The van der Waals surface area contributed by atoms with E-state index in [9.17, 15) is 4.79 Å². The molecule has 0 radical (unpaired) electrons. The van der Waals surface area contributed by atoms with E-state index >= 15 is 0 Å². The zero-order valence-electron chi connectivity index (χ0n) is 15.5. The maximum atomic E-state index is 12.7. The molecule has 1 N–H and O–H groups in total. The van der Waals surface area contributed by atoms with E-state index in [4.69, 9.17) is 4.74 Å². The highest BCUT2D eigenvalue weighted by Crippen LogP contribution is 2.26. The normalized spacial score (nSPS) is 10.8. The van der Waals surface area contributed by atoms with Crippen molar-refractivity contribution in [2.24, 2.45) is 0 Å². The number of nitrogens with one attached hydrogen (secondary N) is 1. The molecular weight excluding hydrogens is 352 g/mol. The highest BCUT2D eigenvalue weighted by atomic mass is 16.5. The van der Waals surface area contributed by atoms with Crippen molar-refractivity contribution < 1.29 is 9.53 Å². The summed E-state index contributed by atoms with van der Waals surface area (Å²) in [7, 11) is 1.58. The SMILES string of the molecule is COc1cc2ccccc2cc1C(=O)NCc1ccc(Cn2cncn2)cc1. The zero-order valence-corrected chi connectivity index (χ0v) is 15.5. The number of hydrogen-bond donors (Lipinski definition) is 1. The van der Waals surface area contributed by atoms with Crippen LogP contribution in [0.3, 0.4) is 0 Å². The minimum absolute atomic E-state index is 0.158. The van der Waals surface area contributed by atoms with Crippen LogP contribution in [0.25, 0.3) is 10.8 Å². The standard InChI is InChI=1S/C22H20N4O2/c1-28-21-11-19-5-3-2-4-18(19)10-20(21)22(27)24-12-16-6-8-17(9-7-16)13-26-15-23-14-25-26/h2-11,14-15H,12-13H2,1H3,(H,24,27). The highest BCUT2D eigenvalue weighted by molar-refractivity contribution is 6.01. The second-order valence-corrected chi connectivity index (χ2v) is 6.49. The number of rotatable bonds is 6. The molecule has 28 heavy (non-hydrogen) atoms. The maximum absolute atomic E-state index is 12.7. The lowest BCUT2D eigenvalue weighted by atomic mass is 10.1. The lowest BCUT2D eigenvalue weighted by molar-refractivity contribution is 0.0948. The lowest BCUT2D eigenvalue weighted by Crippen LogP contribution is -2.23. The van der Waals surface area contributed by atoms with E-state index in [1.807, 2.05) is 60.7 Å². The average Bonchev–Trinajstić information content (AvgIpc) is 3.25. The van der Waals surface area contributed by atoms with E-state index in [0.29, 0.717) is 24.4 Å². The molecule has 140 valence electrons. The van der Waals surface area contributed by atoms with E-state index in [2.05, 4.69) is 15.4 Å². The van der Waals surface area contributed by atoms with Crippen molar-refractivity contribution in [2.45, 2.75) is 13.1 Å². The molecule has 0 saturated carbocycles. The summed E-state index contributed by atoms with van der Waals surface area (Å²) >= 11 is 0. The van der Waals surface area contributed by atoms with E-state index in [1.54, 1.807) is 18.1 Å². The van der Waals surface area contributed by atoms with Crippen LogP contribution in [0, 0.1) is 0 Å². The third-order valence-corrected chi connectivity index (χ3v) is 4.60. The molecular formula is C22H20N4O2. The molecule has 0 aliphatic heterocycles. The second kappa shape index (κ2) is 7.92. The quantitative estimate of drug-likeness (QED) is 0.563. The smallest absolute Gasteiger partial charge is 0.255 e. The summed E-state index contributed by atoms with van der Waals surface area (Å²) in [6.45, 7) is 1.11.